The summed E-state index contributed by atoms with van der Waals surface area (Å²) in [4.78, 5) is 12.2. The number of ether oxygens (including phenoxy) is 2. The fourth-order valence-corrected chi connectivity index (χ4v) is 2.53. The van der Waals surface area contributed by atoms with Gasteiger partial charge in [-0.05, 0) is 43.7 Å². The van der Waals surface area contributed by atoms with Gasteiger partial charge in [-0.15, -0.1) is 0 Å². The van der Waals surface area contributed by atoms with E-state index in [-0.39, 0.29) is 11.9 Å². The lowest BCUT2D eigenvalue weighted by Gasteiger charge is -2.17. The summed E-state index contributed by atoms with van der Waals surface area (Å²) in [6.07, 6.45) is 4.99. The molecule has 0 bridgehead atoms. The number of aryl methyl sites for hydroxylation is 1. The maximum atomic E-state index is 12.2. The van der Waals surface area contributed by atoms with Gasteiger partial charge in [0.2, 0.25) is 5.91 Å². The molecule has 0 aromatic heterocycles. The smallest absolute Gasteiger partial charge is 0.244 e. The van der Waals surface area contributed by atoms with E-state index in [1.807, 2.05) is 56.3 Å². The molecule has 1 amide bonds. The summed E-state index contributed by atoms with van der Waals surface area (Å²) in [6.45, 7) is 8.04. The van der Waals surface area contributed by atoms with E-state index in [4.69, 9.17) is 9.47 Å². The third-order valence-electron chi connectivity index (χ3n) is 3.89. The minimum absolute atomic E-state index is 0.156. The van der Waals surface area contributed by atoms with Crippen LogP contribution in [0.3, 0.4) is 0 Å². The Morgan fingerprint density at radius 3 is 2.62 bits per heavy atom. The first-order valence-corrected chi connectivity index (χ1v) is 8.50. The molecule has 0 aliphatic heterocycles. The van der Waals surface area contributed by atoms with E-state index >= 15 is 0 Å². The lowest BCUT2D eigenvalue weighted by atomic mass is 10.0. The Morgan fingerprint density at radius 1 is 1.23 bits per heavy atom. The lowest BCUT2D eigenvalue weighted by Crippen LogP contribution is -2.25. The van der Waals surface area contributed by atoms with E-state index in [9.17, 15) is 4.79 Å². The Hall–Kier alpha value is -3.01. The van der Waals surface area contributed by atoms with Crippen molar-refractivity contribution in [2.24, 2.45) is 0 Å². The number of hydrogen-bond donors (Lipinski definition) is 1. The predicted octanol–water partition coefficient (Wildman–Crippen LogP) is 4.46. The number of carbonyl (C=O) groups is 1. The molecule has 4 heteroatoms. The Morgan fingerprint density at radius 2 is 1.96 bits per heavy atom. The zero-order valence-electron chi connectivity index (χ0n) is 15.5. The summed E-state index contributed by atoms with van der Waals surface area (Å²) in [5, 5.41) is 2.97. The van der Waals surface area contributed by atoms with Crippen molar-refractivity contribution in [1.82, 2.24) is 5.32 Å². The molecule has 0 saturated carbocycles. The quantitative estimate of drug-likeness (QED) is 0.564. The molecule has 0 aliphatic carbocycles. The molecule has 0 radical (unpaired) electrons. The molecule has 26 heavy (non-hydrogen) atoms. The van der Waals surface area contributed by atoms with Gasteiger partial charge in [0.15, 0.2) is 0 Å². The molecule has 0 fully saturated rings. The number of nitrogens with one attached hydrogen (secondary N) is 1. The van der Waals surface area contributed by atoms with Crippen molar-refractivity contribution in [2.75, 3.05) is 13.7 Å². The summed E-state index contributed by atoms with van der Waals surface area (Å²) in [5.74, 6) is 1.38. The van der Waals surface area contributed by atoms with Crippen LogP contribution >= 0.6 is 0 Å². The molecule has 0 spiro atoms. The minimum atomic E-state index is -0.159. The third kappa shape index (κ3) is 5.52. The second-order valence-corrected chi connectivity index (χ2v) is 5.98. The molecule has 0 saturated heterocycles. The highest BCUT2D eigenvalue weighted by Crippen LogP contribution is 2.26. The van der Waals surface area contributed by atoms with E-state index in [0.29, 0.717) is 6.61 Å². The Balaban J connectivity index is 1.98. The number of carbonyl (C=O) groups excluding carboxylic acids is 1. The third-order valence-corrected chi connectivity index (χ3v) is 3.89. The van der Waals surface area contributed by atoms with Crippen LogP contribution in [-0.4, -0.2) is 19.6 Å². The zero-order valence-corrected chi connectivity index (χ0v) is 15.5. The second kappa shape index (κ2) is 9.47. The van der Waals surface area contributed by atoms with Gasteiger partial charge in [0.1, 0.15) is 18.1 Å². The van der Waals surface area contributed by atoms with Crippen molar-refractivity contribution in [1.29, 1.82) is 0 Å². The van der Waals surface area contributed by atoms with Gasteiger partial charge < -0.3 is 14.8 Å². The highest BCUT2D eigenvalue weighted by Gasteiger charge is 2.13. The van der Waals surface area contributed by atoms with Crippen LogP contribution in [0.1, 0.15) is 29.7 Å². The first kappa shape index (κ1) is 19.3. The van der Waals surface area contributed by atoms with Crippen LogP contribution in [0, 0.1) is 6.92 Å². The van der Waals surface area contributed by atoms with Gasteiger partial charge in [0.05, 0.1) is 13.2 Å². The molecule has 0 unspecified atom stereocenters. The molecule has 1 atom stereocenters. The van der Waals surface area contributed by atoms with E-state index in [1.165, 1.54) is 6.08 Å². The zero-order chi connectivity index (χ0) is 18.9. The SMILES string of the molecule is C=CCOc1ccc(/C=C/C(=O)N[C@H](C)c2cc(C)ccc2OC)cc1. The Labute approximate surface area is 155 Å². The van der Waals surface area contributed by atoms with Crippen molar-refractivity contribution < 1.29 is 14.3 Å². The average Bonchev–Trinajstić information content (AvgIpc) is 2.65. The highest BCUT2D eigenvalue weighted by molar-refractivity contribution is 5.92. The first-order valence-electron chi connectivity index (χ1n) is 8.50. The van der Waals surface area contributed by atoms with Gasteiger partial charge in [-0.25, -0.2) is 0 Å². The van der Waals surface area contributed by atoms with Crippen molar-refractivity contribution in [3.63, 3.8) is 0 Å². The first-order chi connectivity index (χ1) is 12.5. The molecular weight excluding hydrogens is 326 g/mol. The maximum absolute atomic E-state index is 12.2. The van der Waals surface area contributed by atoms with Gasteiger partial charge in [-0.1, -0.05) is 42.5 Å². The molecule has 136 valence electrons. The topological polar surface area (TPSA) is 47.6 Å². The number of rotatable bonds is 8. The van der Waals surface area contributed by atoms with Crippen LogP contribution in [0.25, 0.3) is 6.08 Å². The van der Waals surface area contributed by atoms with Gasteiger partial charge in [0.25, 0.3) is 0 Å². The molecular formula is C22H25NO3. The van der Waals surface area contributed by atoms with Gasteiger partial charge in [-0.3, -0.25) is 4.79 Å². The number of amides is 1. The molecule has 2 aromatic carbocycles. The fraction of sp³-hybridized carbons (Fsp3) is 0.227. The van der Waals surface area contributed by atoms with Gasteiger partial charge >= 0.3 is 0 Å². The van der Waals surface area contributed by atoms with Crippen molar-refractivity contribution in [3.8, 4) is 11.5 Å². The molecule has 0 aliphatic rings. The Kier molecular flexibility index (Phi) is 7.03. The van der Waals surface area contributed by atoms with E-state index in [1.54, 1.807) is 19.3 Å². The van der Waals surface area contributed by atoms with Crippen molar-refractivity contribution in [3.05, 3.63) is 77.9 Å². The van der Waals surface area contributed by atoms with Gasteiger partial charge in [0, 0.05) is 11.6 Å². The van der Waals surface area contributed by atoms with E-state index in [0.717, 1.165) is 28.2 Å². The number of methoxy groups -OCH3 is 1. The second-order valence-electron chi connectivity index (χ2n) is 5.98. The molecule has 1 N–H and O–H groups in total. The Bertz CT molecular complexity index is 778. The fourth-order valence-electron chi connectivity index (χ4n) is 2.53. The largest absolute Gasteiger partial charge is 0.496 e. The molecule has 0 heterocycles. The van der Waals surface area contributed by atoms with Crippen LogP contribution in [-0.2, 0) is 4.79 Å². The van der Waals surface area contributed by atoms with Crippen LogP contribution in [0.4, 0.5) is 0 Å². The molecule has 2 aromatic rings. The minimum Gasteiger partial charge on any atom is -0.496 e. The molecule has 4 nitrogen and oxygen atoms in total. The molecule has 2 rings (SSSR count). The monoisotopic (exact) mass is 351 g/mol. The summed E-state index contributed by atoms with van der Waals surface area (Å²) in [6, 6.07) is 13.3. The standard InChI is InChI=1S/C22H25NO3/c1-5-14-26-19-10-7-18(8-11-19)9-13-22(24)23-17(3)20-15-16(2)6-12-21(20)25-4/h5-13,15,17H,1,14H2,2-4H3,(H,23,24)/b13-9+/t17-/m1/s1. The summed E-state index contributed by atoms with van der Waals surface area (Å²) in [7, 11) is 1.63. The highest BCUT2D eigenvalue weighted by atomic mass is 16.5. The summed E-state index contributed by atoms with van der Waals surface area (Å²) < 4.78 is 10.8. The van der Waals surface area contributed by atoms with Crippen LogP contribution < -0.4 is 14.8 Å². The number of hydrogen-bond acceptors (Lipinski definition) is 3. The summed E-state index contributed by atoms with van der Waals surface area (Å²) in [5.41, 5.74) is 3.00. The van der Waals surface area contributed by atoms with Crippen molar-refractivity contribution in [2.45, 2.75) is 19.9 Å². The summed E-state index contributed by atoms with van der Waals surface area (Å²) >= 11 is 0. The lowest BCUT2D eigenvalue weighted by molar-refractivity contribution is -0.117. The van der Waals surface area contributed by atoms with Crippen LogP contribution in [0.2, 0.25) is 0 Å². The van der Waals surface area contributed by atoms with E-state index in [2.05, 4.69) is 11.9 Å². The van der Waals surface area contributed by atoms with E-state index < -0.39 is 0 Å². The normalized spacial score (nSPS) is 11.8. The van der Waals surface area contributed by atoms with Crippen LogP contribution in [0.15, 0.2) is 61.2 Å². The average molecular weight is 351 g/mol. The van der Waals surface area contributed by atoms with Crippen LogP contribution in [0.5, 0.6) is 11.5 Å². The maximum Gasteiger partial charge on any atom is 0.244 e. The number of benzene rings is 2. The van der Waals surface area contributed by atoms with Gasteiger partial charge in [-0.2, -0.15) is 0 Å². The van der Waals surface area contributed by atoms with Crippen molar-refractivity contribution >= 4 is 12.0 Å². The predicted molar refractivity (Wildman–Crippen MR) is 105 cm³/mol.